The van der Waals surface area contributed by atoms with Gasteiger partial charge >= 0.3 is 0 Å². The Labute approximate surface area is 210 Å². The van der Waals surface area contributed by atoms with Gasteiger partial charge in [-0.2, -0.15) is 0 Å². The molecule has 182 valence electrons. The monoisotopic (exact) mass is 491 g/mol. The number of nitrogen functional groups attached to an aromatic ring is 1. The second-order valence-electron chi connectivity index (χ2n) is 8.82. The molecule has 0 unspecified atom stereocenters. The Morgan fingerprint density at radius 2 is 1.81 bits per heavy atom. The van der Waals surface area contributed by atoms with Crippen molar-refractivity contribution in [2.24, 2.45) is 7.05 Å². The number of pyridine rings is 2. The Morgan fingerprint density at radius 1 is 1.00 bits per heavy atom. The molecule has 0 radical (unpaired) electrons. The molecule has 10 nitrogen and oxygen atoms in total. The van der Waals surface area contributed by atoms with Crippen molar-refractivity contribution in [2.45, 2.75) is 12.8 Å². The Morgan fingerprint density at radius 3 is 2.57 bits per heavy atom. The lowest BCUT2D eigenvalue weighted by molar-refractivity contribution is 0.0994. The molecule has 4 heterocycles. The first kappa shape index (κ1) is 22.4. The fraction of sp³-hybridized carbons (Fsp3) is 0.111. The number of hydrogen-bond acceptors (Lipinski definition) is 7. The van der Waals surface area contributed by atoms with Gasteiger partial charge in [-0.3, -0.25) is 19.0 Å². The summed E-state index contributed by atoms with van der Waals surface area (Å²) < 4.78 is 3.31. The number of benzene rings is 1. The Kier molecular flexibility index (Phi) is 5.15. The van der Waals surface area contributed by atoms with E-state index in [4.69, 9.17) is 5.73 Å². The third kappa shape index (κ3) is 3.66. The van der Waals surface area contributed by atoms with E-state index < -0.39 is 11.5 Å². The molecule has 10 heteroatoms. The number of Topliss-reactive ketones (excluding diaryl/α,β-unsaturated/α-hetero) is 1. The summed E-state index contributed by atoms with van der Waals surface area (Å²) in [6, 6.07) is 13.8. The number of carbonyl (C=O) groups is 2. The van der Waals surface area contributed by atoms with Crippen molar-refractivity contribution < 1.29 is 9.59 Å². The van der Waals surface area contributed by atoms with Gasteiger partial charge in [0.2, 0.25) is 0 Å². The zero-order valence-electron chi connectivity index (χ0n) is 19.8. The van der Waals surface area contributed by atoms with Crippen molar-refractivity contribution in [3.63, 3.8) is 0 Å². The number of amides is 1. The summed E-state index contributed by atoms with van der Waals surface area (Å²) in [4.78, 5) is 51.8. The largest absolute Gasteiger partial charge is 0.383 e. The summed E-state index contributed by atoms with van der Waals surface area (Å²) in [7, 11) is 1.86. The van der Waals surface area contributed by atoms with E-state index in [1.807, 2.05) is 23.9 Å². The van der Waals surface area contributed by atoms with Crippen molar-refractivity contribution in [1.29, 1.82) is 0 Å². The molecule has 1 amide bonds. The van der Waals surface area contributed by atoms with Crippen LogP contribution in [0.1, 0.15) is 32.8 Å². The highest BCUT2D eigenvalue weighted by Crippen LogP contribution is 2.32. The number of rotatable bonds is 4. The molecule has 1 aliphatic rings. The number of fused-ring (bicyclic) bond motifs is 2. The van der Waals surface area contributed by atoms with Crippen molar-refractivity contribution >= 4 is 34.4 Å². The predicted octanol–water partition coefficient (Wildman–Crippen LogP) is 3.14. The van der Waals surface area contributed by atoms with Gasteiger partial charge in [-0.05, 0) is 36.8 Å². The first-order valence-corrected chi connectivity index (χ1v) is 11.6. The second-order valence-corrected chi connectivity index (χ2v) is 8.82. The molecular formula is C27H21N7O3. The number of aromatic nitrogens is 5. The molecule has 1 aliphatic carbocycles. The highest BCUT2D eigenvalue weighted by atomic mass is 16.2. The van der Waals surface area contributed by atoms with E-state index in [-0.39, 0.29) is 17.2 Å². The molecule has 0 atom stereocenters. The quantitative estimate of drug-likeness (QED) is 0.394. The molecule has 4 aromatic heterocycles. The molecule has 0 fully saturated rings. The minimum atomic E-state index is -0.639. The molecule has 0 saturated carbocycles. The van der Waals surface area contributed by atoms with Gasteiger partial charge in [0.25, 0.3) is 11.5 Å². The van der Waals surface area contributed by atoms with Gasteiger partial charge in [0.15, 0.2) is 5.78 Å². The number of anilines is 2. The molecular weight excluding hydrogens is 470 g/mol. The summed E-state index contributed by atoms with van der Waals surface area (Å²) in [5, 5.41) is 3.40. The molecule has 3 N–H and O–H groups in total. The standard InChI is InChI=1S/C27H21N7O3/c1-33-13-19(23-24(28)30-14-31-25(23)33)15-7-10-22(29-12-15)32-26(36)18-11-17-20(8-9-21(17)35)34(27(18)37)16-5-3-2-4-6-16/h2-7,10-14H,8-9H2,1H3,(H2,28,30,31)(H,29,32,36). The van der Waals surface area contributed by atoms with Gasteiger partial charge in [0.1, 0.15) is 29.2 Å². The number of hydrogen-bond donors (Lipinski definition) is 2. The van der Waals surface area contributed by atoms with Crippen LogP contribution in [0.25, 0.3) is 27.8 Å². The number of nitrogens with two attached hydrogens (primary N) is 1. The lowest BCUT2D eigenvalue weighted by Crippen LogP contribution is -2.31. The summed E-state index contributed by atoms with van der Waals surface area (Å²) in [6.07, 6.45) is 5.66. The maximum atomic E-state index is 13.4. The van der Waals surface area contributed by atoms with E-state index >= 15 is 0 Å². The molecule has 6 rings (SSSR count). The van der Waals surface area contributed by atoms with Gasteiger partial charge in [-0.25, -0.2) is 15.0 Å². The lowest BCUT2D eigenvalue weighted by atomic mass is 10.1. The molecule has 1 aromatic carbocycles. The number of para-hydroxylation sites is 1. The third-order valence-corrected chi connectivity index (χ3v) is 6.55. The fourth-order valence-electron chi connectivity index (χ4n) is 4.78. The van der Waals surface area contributed by atoms with E-state index in [0.717, 1.165) is 11.1 Å². The first-order valence-electron chi connectivity index (χ1n) is 11.6. The van der Waals surface area contributed by atoms with Crippen molar-refractivity contribution in [3.05, 3.63) is 94.4 Å². The number of nitrogens with zero attached hydrogens (tertiary/aromatic N) is 5. The van der Waals surface area contributed by atoms with E-state index in [1.54, 1.807) is 42.6 Å². The van der Waals surface area contributed by atoms with E-state index in [2.05, 4.69) is 20.3 Å². The number of aryl methyl sites for hydroxylation is 1. The topological polar surface area (TPSA) is 138 Å². The normalized spacial score (nSPS) is 12.6. The molecule has 5 aromatic rings. The van der Waals surface area contributed by atoms with Crippen molar-refractivity contribution in [3.8, 4) is 16.8 Å². The highest BCUT2D eigenvalue weighted by molar-refractivity contribution is 6.07. The molecule has 0 saturated heterocycles. The van der Waals surface area contributed by atoms with E-state index in [1.165, 1.54) is 17.0 Å². The van der Waals surface area contributed by atoms with Gasteiger partial charge in [0.05, 0.1) is 5.39 Å². The van der Waals surface area contributed by atoms with Crippen LogP contribution in [0, 0.1) is 0 Å². The highest BCUT2D eigenvalue weighted by Gasteiger charge is 2.28. The Hall–Kier alpha value is -5.12. The second kappa shape index (κ2) is 8.52. The zero-order chi connectivity index (χ0) is 25.7. The van der Waals surface area contributed by atoms with E-state index in [9.17, 15) is 14.4 Å². The van der Waals surface area contributed by atoms with Gasteiger partial charge in [0, 0.05) is 53.9 Å². The van der Waals surface area contributed by atoms with Crippen LogP contribution in [-0.2, 0) is 13.5 Å². The summed E-state index contributed by atoms with van der Waals surface area (Å²) in [5.41, 5.74) is 9.37. The van der Waals surface area contributed by atoms with Gasteiger partial charge < -0.3 is 15.6 Å². The van der Waals surface area contributed by atoms with Crippen LogP contribution in [0.5, 0.6) is 0 Å². The maximum absolute atomic E-state index is 13.4. The van der Waals surface area contributed by atoms with Crippen LogP contribution < -0.4 is 16.6 Å². The van der Waals surface area contributed by atoms with Crippen LogP contribution >= 0.6 is 0 Å². The molecule has 37 heavy (non-hydrogen) atoms. The number of nitrogens with one attached hydrogen (secondary N) is 1. The van der Waals surface area contributed by atoms with Crippen LogP contribution in [-0.4, -0.2) is 35.8 Å². The molecule has 0 bridgehead atoms. The lowest BCUT2D eigenvalue weighted by Gasteiger charge is -2.14. The Bertz CT molecular complexity index is 1770. The van der Waals surface area contributed by atoms with E-state index in [0.29, 0.717) is 46.6 Å². The fourth-order valence-corrected chi connectivity index (χ4v) is 4.78. The minimum absolute atomic E-state index is 0.0884. The number of carbonyl (C=O) groups excluding carboxylic acids is 2. The van der Waals surface area contributed by atoms with Gasteiger partial charge in [-0.1, -0.05) is 18.2 Å². The smallest absolute Gasteiger partial charge is 0.268 e. The van der Waals surface area contributed by atoms with Crippen molar-refractivity contribution in [2.75, 3.05) is 11.1 Å². The SMILES string of the molecule is Cn1cc(-c2ccc(NC(=O)c3cc4c(n(-c5ccccc5)c3=O)CCC4=O)nc2)c2c(N)ncnc21. The Balaban J connectivity index is 1.35. The summed E-state index contributed by atoms with van der Waals surface area (Å²) in [5.74, 6) is -0.107. The third-order valence-electron chi connectivity index (χ3n) is 6.55. The van der Waals surface area contributed by atoms with Gasteiger partial charge in [-0.15, -0.1) is 0 Å². The molecule has 0 aliphatic heterocycles. The zero-order valence-corrected chi connectivity index (χ0v) is 19.8. The average molecular weight is 492 g/mol. The average Bonchev–Trinajstić information content (AvgIpc) is 3.45. The summed E-state index contributed by atoms with van der Waals surface area (Å²) in [6.45, 7) is 0. The predicted molar refractivity (Wildman–Crippen MR) is 139 cm³/mol. The van der Waals surface area contributed by atoms with Crippen LogP contribution in [0.2, 0.25) is 0 Å². The summed E-state index contributed by atoms with van der Waals surface area (Å²) >= 11 is 0. The van der Waals surface area contributed by atoms with Crippen molar-refractivity contribution in [1.82, 2.24) is 24.1 Å². The first-order chi connectivity index (χ1) is 17.9. The van der Waals surface area contributed by atoms with Crippen LogP contribution in [0.4, 0.5) is 11.6 Å². The van der Waals surface area contributed by atoms with Crippen LogP contribution in [0.3, 0.4) is 0 Å². The minimum Gasteiger partial charge on any atom is -0.383 e. The van der Waals surface area contributed by atoms with Crippen LogP contribution in [0.15, 0.2) is 72.0 Å². The maximum Gasteiger partial charge on any atom is 0.268 e. The molecule has 0 spiro atoms. The number of ketones is 1.